The first-order valence-corrected chi connectivity index (χ1v) is 8.25. The van der Waals surface area contributed by atoms with Crippen molar-refractivity contribution in [2.45, 2.75) is 26.7 Å². The molecule has 26 heavy (non-hydrogen) atoms. The lowest BCUT2D eigenvalue weighted by Gasteiger charge is -2.12. The highest BCUT2D eigenvalue weighted by Gasteiger charge is 2.27. The van der Waals surface area contributed by atoms with E-state index in [1.807, 2.05) is 6.92 Å². The Kier molecular flexibility index (Phi) is 6.43. The van der Waals surface area contributed by atoms with E-state index in [0.717, 1.165) is 12.8 Å². The zero-order valence-corrected chi connectivity index (χ0v) is 14.7. The number of nitro benzene ring substituents is 1. The molecular formula is C19H20N2O5. The minimum Gasteiger partial charge on any atom is -0.487 e. The third-order valence-electron chi connectivity index (χ3n) is 3.80. The number of hydrogen-bond acceptors (Lipinski definition) is 5. The molecule has 2 aromatic rings. The Hall–Kier alpha value is -3.22. The average Bonchev–Trinajstić information content (AvgIpc) is 2.63. The van der Waals surface area contributed by atoms with E-state index in [-0.39, 0.29) is 17.0 Å². The van der Waals surface area contributed by atoms with Crippen LogP contribution in [-0.4, -0.2) is 23.7 Å². The van der Waals surface area contributed by atoms with Crippen LogP contribution in [-0.2, 0) is 0 Å². The Morgan fingerprint density at radius 3 is 2.50 bits per heavy atom. The van der Waals surface area contributed by atoms with Gasteiger partial charge in [0.15, 0.2) is 0 Å². The lowest BCUT2D eigenvalue weighted by molar-refractivity contribution is -0.386. The van der Waals surface area contributed by atoms with E-state index in [9.17, 15) is 19.7 Å². The maximum absolute atomic E-state index is 12.5. The van der Waals surface area contributed by atoms with Crippen molar-refractivity contribution in [1.82, 2.24) is 0 Å². The summed E-state index contributed by atoms with van der Waals surface area (Å²) in [5.41, 5.74) is 1.08. The first kappa shape index (κ1) is 19.1. The predicted molar refractivity (Wildman–Crippen MR) is 98.0 cm³/mol. The molecule has 7 nitrogen and oxygen atoms in total. The molecule has 0 atom stereocenters. The van der Waals surface area contributed by atoms with Crippen LogP contribution in [0.1, 0.15) is 46.0 Å². The van der Waals surface area contributed by atoms with Crippen LogP contribution in [0.25, 0.3) is 0 Å². The van der Waals surface area contributed by atoms with Gasteiger partial charge in [-0.1, -0.05) is 19.4 Å². The van der Waals surface area contributed by atoms with Crippen LogP contribution in [0.2, 0.25) is 0 Å². The third-order valence-corrected chi connectivity index (χ3v) is 3.80. The molecule has 0 aliphatic heterocycles. The number of nitrogens with zero attached hydrogens (tertiary/aromatic N) is 1. The Bertz CT molecular complexity index is 815. The second-order valence-electron chi connectivity index (χ2n) is 5.76. The highest BCUT2D eigenvalue weighted by atomic mass is 16.6. The van der Waals surface area contributed by atoms with Crippen molar-refractivity contribution in [3.05, 3.63) is 63.2 Å². The molecule has 0 saturated heterocycles. The van der Waals surface area contributed by atoms with E-state index in [2.05, 4.69) is 5.32 Å². The van der Waals surface area contributed by atoms with Crippen LogP contribution in [0.5, 0.6) is 5.75 Å². The maximum Gasteiger partial charge on any atom is 0.323 e. The predicted octanol–water partition coefficient (Wildman–Crippen LogP) is 4.15. The zero-order valence-electron chi connectivity index (χ0n) is 14.7. The summed E-state index contributed by atoms with van der Waals surface area (Å²) in [7, 11) is 0. The van der Waals surface area contributed by atoms with Gasteiger partial charge in [0.1, 0.15) is 11.8 Å². The largest absolute Gasteiger partial charge is 0.487 e. The van der Waals surface area contributed by atoms with Crippen LogP contribution in [0, 0.1) is 17.0 Å². The van der Waals surface area contributed by atoms with Gasteiger partial charge >= 0.3 is 5.69 Å². The number of nitrogens with one attached hydrogen (secondary N) is 1. The van der Waals surface area contributed by atoms with Crippen LogP contribution in [0.4, 0.5) is 11.4 Å². The van der Waals surface area contributed by atoms with Gasteiger partial charge in [-0.05, 0) is 49.2 Å². The molecule has 1 N–H and O–H groups in total. The summed E-state index contributed by atoms with van der Waals surface area (Å²) in [6.07, 6.45) is 2.34. The average molecular weight is 356 g/mol. The fourth-order valence-electron chi connectivity index (χ4n) is 2.38. The Balaban J connectivity index is 2.34. The van der Waals surface area contributed by atoms with Gasteiger partial charge in [-0.25, -0.2) is 0 Å². The fraction of sp³-hybridized carbons (Fsp3) is 0.263. The molecule has 0 heterocycles. The number of carbonyl (C=O) groups is 2. The number of nitro groups is 1. The monoisotopic (exact) mass is 356 g/mol. The number of ether oxygens (including phenoxy) is 1. The van der Waals surface area contributed by atoms with E-state index in [1.54, 1.807) is 37.3 Å². The molecule has 136 valence electrons. The molecule has 0 aromatic heterocycles. The van der Waals surface area contributed by atoms with Crippen LogP contribution >= 0.6 is 0 Å². The number of aryl methyl sites for hydroxylation is 1. The number of amides is 1. The number of aldehydes is 1. The molecule has 0 spiro atoms. The van der Waals surface area contributed by atoms with Gasteiger partial charge in [0.05, 0.1) is 11.5 Å². The highest BCUT2D eigenvalue weighted by Crippen LogP contribution is 2.35. The first-order valence-electron chi connectivity index (χ1n) is 8.25. The number of rotatable bonds is 8. The van der Waals surface area contributed by atoms with Gasteiger partial charge in [0.2, 0.25) is 5.75 Å². The van der Waals surface area contributed by atoms with E-state index in [1.165, 1.54) is 6.07 Å². The Labute approximate surface area is 151 Å². The van der Waals surface area contributed by atoms with Gasteiger partial charge in [-0.2, -0.15) is 0 Å². The molecule has 1 amide bonds. The summed E-state index contributed by atoms with van der Waals surface area (Å²) in [5, 5.41) is 14.2. The van der Waals surface area contributed by atoms with Gasteiger partial charge in [0, 0.05) is 11.3 Å². The summed E-state index contributed by atoms with van der Waals surface area (Å²) in [6.45, 7) is 4.04. The first-order chi connectivity index (χ1) is 12.5. The van der Waals surface area contributed by atoms with Crippen LogP contribution in [0.15, 0.2) is 36.4 Å². The third kappa shape index (κ3) is 4.44. The van der Waals surface area contributed by atoms with Crippen LogP contribution in [0.3, 0.4) is 0 Å². The Morgan fingerprint density at radius 2 is 1.92 bits per heavy atom. The summed E-state index contributed by atoms with van der Waals surface area (Å²) >= 11 is 0. The summed E-state index contributed by atoms with van der Waals surface area (Å²) in [6, 6.07) is 9.24. The number of unbranched alkanes of at least 4 members (excludes halogenated alkanes) is 1. The highest BCUT2D eigenvalue weighted by molar-refractivity contribution is 6.08. The summed E-state index contributed by atoms with van der Waals surface area (Å²) < 4.78 is 5.58. The minimum absolute atomic E-state index is 0.0773. The standard InChI is InChI=1S/C19H20N2O5/c1-3-4-11-26-18-13(2)5-10-16(17(18)21(24)25)19(23)20-15-8-6-14(12-22)7-9-15/h5-10,12H,3-4,11H2,1-2H3,(H,20,23). The SMILES string of the molecule is CCCCOc1c(C)ccc(C(=O)Nc2ccc(C=O)cc2)c1[N+](=O)[O-]. The lowest BCUT2D eigenvalue weighted by atomic mass is 10.1. The lowest BCUT2D eigenvalue weighted by Crippen LogP contribution is -2.15. The van der Waals surface area contributed by atoms with Crippen molar-refractivity contribution in [3.8, 4) is 5.75 Å². The summed E-state index contributed by atoms with van der Waals surface area (Å²) in [5.74, 6) is -0.497. The van der Waals surface area contributed by atoms with Crippen molar-refractivity contribution in [2.75, 3.05) is 11.9 Å². The van der Waals surface area contributed by atoms with E-state index < -0.39 is 10.8 Å². The van der Waals surface area contributed by atoms with Gasteiger partial charge < -0.3 is 10.1 Å². The van der Waals surface area contributed by atoms with Crippen molar-refractivity contribution in [2.24, 2.45) is 0 Å². The van der Waals surface area contributed by atoms with E-state index in [0.29, 0.717) is 29.7 Å². The van der Waals surface area contributed by atoms with Crippen LogP contribution < -0.4 is 10.1 Å². The minimum atomic E-state index is -0.615. The molecule has 2 rings (SSSR count). The normalized spacial score (nSPS) is 10.2. The molecule has 0 aliphatic rings. The molecule has 0 aliphatic carbocycles. The number of carbonyl (C=O) groups excluding carboxylic acids is 2. The number of anilines is 1. The fourth-order valence-corrected chi connectivity index (χ4v) is 2.38. The quantitative estimate of drug-likeness (QED) is 0.332. The molecule has 0 saturated carbocycles. The van der Waals surface area contributed by atoms with E-state index >= 15 is 0 Å². The molecule has 0 radical (unpaired) electrons. The van der Waals surface area contributed by atoms with Gasteiger partial charge in [0.25, 0.3) is 5.91 Å². The molecule has 0 fully saturated rings. The molecule has 0 unspecified atom stereocenters. The van der Waals surface area contributed by atoms with E-state index in [4.69, 9.17) is 4.74 Å². The zero-order chi connectivity index (χ0) is 19.1. The Morgan fingerprint density at radius 1 is 1.23 bits per heavy atom. The van der Waals surface area contributed by atoms with Crippen molar-refractivity contribution < 1.29 is 19.2 Å². The molecule has 7 heteroatoms. The second kappa shape index (κ2) is 8.75. The van der Waals surface area contributed by atoms with Crippen molar-refractivity contribution in [3.63, 3.8) is 0 Å². The number of benzene rings is 2. The smallest absolute Gasteiger partial charge is 0.323 e. The van der Waals surface area contributed by atoms with Gasteiger partial charge in [-0.15, -0.1) is 0 Å². The van der Waals surface area contributed by atoms with Gasteiger partial charge in [-0.3, -0.25) is 19.7 Å². The molecular weight excluding hydrogens is 336 g/mol. The maximum atomic E-state index is 12.5. The molecule has 2 aromatic carbocycles. The van der Waals surface area contributed by atoms with Crippen molar-refractivity contribution in [1.29, 1.82) is 0 Å². The topological polar surface area (TPSA) is 98.5 Å². The second-order valence-corrected chi connectivity index (χ2v) is 5.76. The molecule has 0 bridgehead atoms. The van der Waals surface area contributed by atoms with Crippen molar-refractivity contribution >= 4 is 23.6 Å². The number of hydrogen-bond donors (Lipinski definition) is 1. The summed E-state index contributed by atoms with van der Waals surface area (Å²) in [4.78, 5) is 34.2.